The second-order valence-electron chi connectivity index (χ2n) is 2.09. The Kier molecular flexibility index (Phi) is 2.09. The number of nitrogen functional groups attached to an aromatic ring is 1. The molecule has 0 aliphatic heterocycles. The summed E-state index contributed by atoms with van der Waals surface area (Å²) in [7, 11) is 1.56. The third kappa shape index (κ3) is 1.42. The van der Waals surface area contributed by atoms with Crippen molar-refractivity contribution >= 4 is 17.6 Å². The number of nitrogens with one attached hydrogen (secondary N) is 1. The Morgan fingerprint density at radius 2 is 2.33 bits per heavy atom. The Bertz CT molecular complexity index is 312. The van der Waals surface area contributed by atoms with Gasteiger partial charge in [0.05, 0.1) is 0 Å². The molecule has 0 atom stereocenters. The minimum Gasteiger partial charge on any atom is -0.478 e. The second kappa shape index (κ2) is 3.04. The Labute approximate surface area is 68.4 Å². The molecule has 0 aliphatic carbocycles. The highest BCUT2D eigenvalue weighted by Gasteiger charge is 2.10. The molecule has 0 unspecified atom stereocenters. The van der Waals surface area contributed by atoms with Crippen molar-refractivity contribution in [3.8, 4) is 0 Å². The fraction of sp³-hybridized carbons (Fsp3) is 0.167. The number of aromatic carboxylic acids is 1. The summed E-state index contributed by atoms with van der Waals surface area (Å²) < 4.78 is 0. The number of hydrogen-bond acceptors (Lipinski definition) is 5. The van der Waals surface area contributed by atoms with Gasteiger partial charge in [0, 0.05) is 13.1 Å². The van der Waals surface area contributed by atoms with Gasteiger partial charge in [0.25, 0.3) is 0 Å². The van der Waals surface area contributed by atoms with E-state index in [0.717, 1.165) is 0 Å². The largest absolute Gasteiger partial charge is 0.478 e. The molecule has 0 aromatic carbocycles. The number of carboxylic acid groups (broad SMARTS) is 1. The molecule has 4 N–H and O–H groups in total. The third-order valence-corrected chi connectivity index (χ3v) is 1.28. The van der Waals surface area contributed by atoms with E-state index in [0.29, 0.717) is 0 Å². The van der Waals surface area contributed by atoms with E-state index in [1.165, 1.54) is 6.07 Å². The van der Waals surface area contributed by atoms with Crippen molar-refractivity contribution in [3.63, 3.8) is 0 Å². The van der Waals surface area contributed by atoms with Gasteiger partial charge in [-0.3, -0.25) is 0 Å². The number of carbonyl (C=O) groups is 1. The lowest BCUT2D eigenvalue weighted by molar-refractivity contribution is 0.0697. The second-order valence-corrected chi connectivity index (χ2v) is 2.09. The first-order valence-electron chi connectivity index (χ1n) is 3.19. The van der Waals surface area contributed by atoms with Gasteiger partial charge >= 0.3 is 5.97 Å². The van der Waals surface area contributed by atoms with Crippen LogP contribution in [0, 0.1) is 0 Å². The smallest absolute Gasteiger partial charge is 0.339 e. The molecule has 0 bridgehead atoms. The maximum absolute atomic E-state index is 10.6. The summed E-state index contributed by atoms with van der Waals surface area (Å²) in [5.74, 6) is -0.788. The maximum atomic E-state index is 10.6. The Morgan fingerprint density at radius 1 is 1.67 bits per heavy atom. The first kappa shape index (κ1) is 8.25. The van der Waals surface area contributed by atoms with E-state index in [4.69, 9.17) is 10.8 Å². The number of rotatable bonds is 2. The lowest BCUT2D eigenvalue weighted by Crippen LogP contribution is -2.07. The lowest BCUT2D eigenvalue weighted by atomic mass is 10.3. The van der Waals surface area contributed by atoms with Gasteiger partial charge in [0.15, 0.2) is 5.82 Å². The first-order chi connectivity index (χ1) is 5.65. The average Bonchev–Trinajstić information content (AvgIpc) is 2.04. The van der Waals surface area contributed by atoms with E-state index in [1.54, 1.807) is 7.05 Å². The normalized spacial score (nSPS) is 9.42. The van der Waals surface area contributed by atoms with E-state index in [-0.39, 0.29) is 17.2 Å². The minimum absolute atomic E-state index is 0.0185. The van der Waals surface area contributed by atoms with Crippen LogP contribution in [0.4, 0.5) is 11.6 Å². The molecule has 1 aromatic heterocycles. The van der Waals surface area contributed by atoms with Crippen molar-refractivity contribution in [3.05, 3.63) is 11.6 Å². The highest BCUT2D eigenvalue weighted by atomic mass is 16.4. The Morgan fingerprint density at radius 3 is 2.83 bits per heavy atom. The van der Waals surface area contributed by atoms with Gasteiger partial charge in [-0.2, -0.15) is 0 Å². The predicted octanol–water partition coefficient (Wildman–Crippen LogP) is -0.201. The van der Waals surface area contributed by atoms with Crippen LogP contribution in [-0.4, -0.2) is 28.3 Å². The predicted molar refractivity (Wildman–Crippen MR) is 43.0 cm³/mol. The lowest BCUT2D eigenvalue weighted by Gasteiger charge is -2.02. The molecule has 0 saturated heterocycles. The summed E-state index contributed by atoms with van der Waals surface area (Å²) in [4.78, 5) is 10.6. The van der Waals surface area contributed by atoms with Crippen LogP contribution in [0.2, 0.25) is 0 Å². The first-order valence-corrected chi connectivity index (χ1v) is 3.19. The molecule has 1 heterocycles. The number of nitrogens with two attached hydrogens (primary N) is 1. The summed E-state index contributed by atoms with van der Waals surface area (Å²) in [5.41, 5.74) is 5.27. The van der Waals surface area contributed by atoms with Crippen LogP contribution in [-0.2, 0) is 0 Å². The molecule has 0 aliphatic rings. The molecule has 0 fully saturated rings. The van der Waals surface area contributed by atoms with Crippen molar-refractivity contribution in [1.82, 2.24) is 10.2 Å². The summed E-state index contributed by atoms with van der Waals surface area (Å²) in [6.07, 6.45) is 0. The van der Waals surface area contributed by atoms with Crippen LogP contribution in [0.1, 0.15) is 10.4 Å². The van der Waals surface area contributed by atoms with Gasteiger partial charge < -0.3 is 16.2 Å². The molecule has 64 valence electrons. The molecule has 6 nitrogen and oxygen atoms in total. The number of nitrogens with zero attached hydrogens (tertiary/aromatic N) is 2. The summed E-state index contributed by atoms with van der Waals surface area (Å²) >= 11 is 0. The Balaban J connectivity index is 3.21. The number of anilines is 2. The van der Waals surface area contributed by atoms with Gasteiger partial charge in [-0.25, -0.2) is 4.79 Å². The van der Waals surface area contributed by atoms with E-state index < -0.39 is 5.97 Å². The van der Waals surface area contributed by atoms with Crippen molar-refractivity contribution < 1.29 is 9.90 Å². The van der Waals surface area contributed by atoms with Crippen molar-refractivity contribution in [2.45, 2.75) is 0 Å². The fourth-order valence-electron chi connectivity index (χ4n) is 0.754. The summed E-state index contributed by atoms with van der Waals surface area (Å²) in [6.45, 7) is 0. The van der Waals surface area contributed by atoms with Crippen LogP contribution in [0.15, 0.2) is 6.07 Å². The topological polar surface area (TPSA) is 101 Å². The van der Waals surface area contributed by atoms with Crippen molar-refractivity contribution in [2.75, 3.05) is 18.1 Å². The monoisotopic (exact) mass is 168 g/mol. The molecule has 6 heteroatoms. The zero-order valence-corrected chi connectivity index (χ0v) is 6.40. The number of carboxylic acids is 1. The minimum atomic E-state index is -1.08. The highest BCUT2D eigenvalue weighted by molar-refractivity contribution is 5.93. The standard InChI is InChI=1S/C6H8N4O2/c1-8-5-3(6(11)12)2-4(7)9-10-5/h2H,1H3,(H2,7,9)(H,8,10)(H,11,12). The highest BCUT2D eigenvalue weighted by Crippen LogP contribution is 2.11. The third-order valence-electron chi connectivity index (χ3n) is 1.28. The number of hydrogen-bond donors (Lipinski definition) is 3. The molecule has 1 aromatic rings. The Hall–Kier alpha value is -1.85. The molecule has 0 radical (unpaired) electrons. The SMILES string of the molecule is CNc1nnc(N)cc1C(=O)O. The van der Waals surface area contributed by atoms with Crippen molar-refractivity contribution in [2.24, 2.45) is 0 Å². The quantitative estimate of drug-likeness (QED) is 0.565. The van der Waals surface area contributed by atoms with Crippen LogP contribution < -0.4 is 11.1 Å². The van der Waals surface area contributed by atoms with Crippen molar-refractivity contribution in [1.29, 1.82) is 0 Å². The molecule has 0 amide bonds. The van der Waals surface area contributed by atoms with Crippen LogP contribution in [0.3, 0.4) is 0 Å². The van der Waals surface area contributed by atoms with E-state index >= 15 is 0 Å². The van der Waals surface area contributed by atoms with Crippen LogP contribution >= 0.6 is 0 Å². The zero-order chi connectivity index (χ0) is 9.14. The molecular weight excluding hydrogens is 160 g/mol. The molecule has 1 rings (SSSR count). The van der Waals surface area contributed by atoms with Gasteiger partial charge in [-0.1, -0.05) is 0 Å². The number of aromatic nitrogens is 2. The molecule has 0 spiro atoms. The van der Waals surface area contributed by atoms with Gasteiger partial charge in [0.1, 0.15) is 11.4 Å². The summed E-state index contributed by atoms with van der Waals surface area (Å²) in [5, 5.41) is 18.3. The fourth-order valence-corrected chi connectivity index (χ4v) is 0.754. The zero-order valence-electron chi connectivity index (χ0n) is 6.40. The van der Waals surface area contributed by atoms with E-state index in [9.17, 15) is 4.79 Å². The van der Waals surface area contributed by atoms with E-state index in [2.05, 4.69) is 15.5 Å². The molecule has 0 saturated carbocycles. The van der Waals surface area contributed by atoms with Crippen LogP contribution in [0.5, 0.6) is 0 Å². The molecular formula is C6H8N4O2. The maximum Gasteiger partial charge on any atom is 0.339 e. The summed E-state index contributed by atoms with van der Waals surface area (Å²) in [6, 6.07) is 1.25. The van der Waals surface area contributed by atoms with E-state index in [1.807, 2.05) is 0 Å². The van der Waals surface area contributed by atoms with Gasteiger partial charge in [-0.05, 0) is 0 Å². The molecule has 12 heavy (non-hydrogen) atoms. The average molecular weight is 168 g/mol. The van der Waals surface area contributed by atoms with Gasteiger partial charge in [0.2, 0.25) is 0 Å². The van der Waals surface area contributed by atoms with Gasteiger partial charge in [-0.15, -0.1) is 10.2 Å². The van der Waals surface area contributed by atoms with Crippen LogP contribution in [0.25, 0.3) is 0 Å².